The normalized spacial score (nSPS) is 15.3. The van der Waals surface area contributed by atoms with E-state index in [1.54, 1.807) is 60.7 Å². The van der Waals surface area contributed by atoms with Gasteiger partial charge in [0.25, 0.3) is 5.91 Å². The Balaban J connectivity index is 1.49. The summed E-state index contributed by atoms with van der Waals surface area (Å²) in [4.78, 5) is 30.2. The number of nitrogens with one attached hydrogen (secondary N) is 1. The molecule has 10 nitrogen and oxygen atoms in total. The third-order valence-electron chi connectivity index (χ3n) is 6.68. The van der Waals surface area contributed by atoms with Crippen LogP contribution in [0.15, 0.2) is 72.8 Å². The summed E-state index contributed by atoms with van der Waals surface area (Å²) in [7, 11) is 1.54. The summed E-state index contributed by atoms with van der Waals surface area (Å²) in [5.41, 5.74) is 1.14. The fraction of sp³-hybridized carbons (Fsp3) is 0.276. The van der Waals surface area contributed by atoms with Gasteiger partial charge in [-0.2, -0.15) is 4.80 Å². The molecule has 12 heteroatoms. The summed E-state index contributed by atoms with van der Waals surface area (Å²) in [6.45, 7) is 0.595. The number of aromatic nitrogens is 4. The lowest BCUT2D eigenvalue weighted by Crippen LogP contribution is -2.46. The molecule has 1 aromatic heterocycles. The van der Waals surface area contributed by atoms with E-state index in [-0.39, 0.29) is 24.0 Å². The number of hydrogen-bond acceptors (Lipinski definition) is 7. The molecule has 0 bridgehead atoms. The Bertz CT molecular complexity index is 1490. The number of ether oxygens (including phenoxy) is 2. The maximum absolute atomic E-state index is 14.3. The standard InChI is InChI=1S/C29H28ClFN6O4/c1-40-22-14-12-21(13-15-22)37(26(38)18-36-34-28(33-35-36)24-6-2-3-7-25(24)31)27(19-8-10-20(30)11-9-19)29(39)32-17-23-5-4-16-41-23/h2-3,6-15,23,27H,4-5,16-18H2,1H3,(H,32,39)/t23-,27-/m0/s1. The Kier molecular flexibility index (Phi) is 8.85. The predicted octanol–water partition coefficient (Wildman–Crippen LogP) is 4.21. The van der Waals surface area contributed by atoms with Crippen LogP contribution in [0.5, 0.6) is 5.75 Å². The Morgan fingerprint density at radius 2 is 1.90 bits per heavy atom. The topological polar surface area (TPSA) is 111 Å². The highest BCUT2D eigenvalue weighted by Crippen LogP contribution is 2.31. The molecule has 1 saturated heterocycles. The van der Waals surface area contributed by atoms with Gasteiger partial charge in [-0.05, 0) is 72.1 Å². The molecule has 2 heterocycles. The summed E-state index contributed by atoms with van der Waals surface area (Å²) in [6.07, 6.45) is 1.68. The maximum Gasteiger partial charge on any atom is 0.251 e. The van der Waals surface area contributed by atoms with Gasteiger partial charge in [-0.3, -0.25) is 14.5 Å². The SMILES string of the molecule is COc1ccc(N(C(=O)Cn2nnc(-c3ccccc3F)n2)[C@H](C(=O)NC[C@@H]2CCCO2)c2ccc(Cl)cc2)cc1. The van der Waals surface area contributed by atoms with Gasteiger partial charge in [-0.15, -0.1) is 10.2 Å². The fourth-order valence-corrected chi connectivity index (χ4v) is 4.74. The first-order valence-corrected chi connectivity index (χ1v) is 13.4. The highest BCUT2D eigenvalue weighted by Gasteiger charge is 2.34. The van der Waals surface area contributed by atoms with Crippen LogP contribution in [0.3, 0.4) is 0 Å². The summed E-state index contributed by atoms with van der Waals surface area (Å²) in [5.74, 6) is -0.788. The second-order valence-corrected chi connectivity index (χ2v) is 9.86. The van der Waals surface area contributed by atoms with Gasteiger partial charge in [-0.25, -0.2) is 4.39 Å². The number of carbonyl (C=O) groups is 2. The number of carbonyl (C=O) groups excluding carboxylic acids is 2. The lowest BCUT2D eigenvalue weighted by atomic mass is 10.0. The molecule has 1 aliphatic rings. The number of tetrazole rings is 1. The van der Waals surface area contributed by atoms with Crippen molar-refractivity contribution in [3.05, 3.63) is 89.2 Å². The highest BCUT2D eigenvalue weighted by atomic mass is 35.5. The van der Waals surface area contributed by atoms with Crippen molar-refractivity contribution >= 4 is 29.1 Å². The first-order valence-electron chi connectivity index (χ1n) is 13.1. The van der Waals surface area contributed by atoms with Crippen LogP contribution in [-0.2, 0) is 20.9 Å². The zero-order valence-corrected chi connectivity index (χ0v) is 23.0. The molecule has 41 heavy (non-hydrogen) atoms. The zero-order valence-electron chi connectivity index (χ0n) is 22.2. The van der Waals surface area contributed by atoms with E-state index in [9.17, 15) is 14.0 Å². The van der Waals surface area contributed by atoms with E-state index in [0.29, 0.717) is 35.2 Å². The van der Waals surface area contributed by atoms with Gasteiger partial charge in [-0.1, -0.05) is 35.9 Å². The molecular weight excluding hydrogens is 551 g/mol. The van der Waals surface area contributed by atoms with Crippen LogP contribution in [0, 0.1) is 5.82 Å². The molecule has 0 spiro atoms. The van der Waals surface area contributed by atoms with Crippen molar-refractivity contribution in [3.63, 3.8) is 0 Å². The molecule has 3 aromatic carbocycles. The highest BCUT2D eigenvalue weighted by molar-refractivity contribution is 6.30. The third kappa shape index (κ3) is 6.69. The van der Waals surface area contributed by atoms with Crippen LogP contribution in [0.25, 0.3) is 11.4 Å². The molecule has 4 aromatic rings. The van der Waals surface area contributed by atoms with E-state index < -0.39 is 23.7 Å². The molecule has 1 N–H and O–H groups in total. The summed E-state index contributed by atoms with van der Waals surface area (Å²) in [6, 6.07) is 18.5. The van der Waals surface area contributed by atoms with Crippen molar-refractivity contribution in [1.82, 2.24) is 25.5 Å². The Morgan fingerprint density at radius 1 is 1.15 bits per heavy atom. The Morgan fingerprint density at radius 3 is 2.59 bits per heavy atom. The first-order chi connectivity index (χ1) is 19.9. The number of rotatable bonds is 10. The molecule has 1 fully saturated rings. The number of nitrogens with zero attached hydrogens (tertiary/aromatic N) is 5. The predicted molar refractivity (Wildman–Crippen MR) is 150 cm³/mol. The van der Waals surface area contributed by atoms with Gasteiger partial charge in [0.05, 0.1) is 18.8 Å². The minimum absolute atomic E-state index is 0.0375. The van der Waals surface area contributed by atoms with Crippen molar-refractivity contribution in [1.29, 1.82) is 0 Å². The van der Waals surface area contributed by atoms with E-state index >= 15 is 0 Å². The molecule has 0 saturated carbocycles. The van der Waals surface area contributed by atoms with Gasteiger partial charge >= 0.3 is 0 Å². The van der Waals surface area contributed by atoms with Crippen LogP contribution in [0.2, 0.25) is 5.02 Å². The lowest BCUT2D eigenvalue weighted by Gasteiger charge is -2.31. The van der Waals surface area contributed by atoms with Gasteiger partial charge in [0, 0.05) is 23.9 Å². The summed E-state index contributed by atoms with van der Waals surface area (Å²) >= 11 is 6.14. The lowest BCUT2D eigenvalue weighted by molar-refractivity contribution is -0.127. The van der Waals surface area contributed by atoms with Crippen LogP contribution in [-0.4, -0.2) is 58.4 Å². The van der Waals surface area contributed by atoms with Gasteiger partial charge in [0.15, 0.2) is 0 Å². The second-order valence-electron chi connectivity index (χ2n) is 9.42. The minimum Gasteiger partial charge on any atom is -0.497 e. The number of benzene rings is 3. The molecule has 2 amide bonds. The molecule has 0 radical (unpaired) electrons. The number of anilines is 1. The van der Waals surface area contributed by atoms with Crippen LogP contribution in [0.4, 0.5) is 10.1 Å². The summed E-state index contributed by atoms with van der Waals surface area (Å²) < 4.78 is 25.2. The largest absolute Gasteiger partial charge is 0.497 e. The third-order valence-corrected chi connectivity index (χ3v) is 6.94. The van der Waals surface area contributed by atoms with Crippen molar-refractivity contribution in [2.45, 2.75) is 31.5 Å². The molecule has 5 rings (SSSR count). The molecule has 0 unspecified atom stereocenters. The van der Waals surface area contributed by atoms with E-state index in [1.165, 1.54) is 24.1 Å². The van der Waals surface area contributed by atoms with E-state index in [4.69, 9.17) is 21.1 Å². The number of amides is 2. The van der Waals surface area contributed by atoms with Gasteiger partial charge in [0.1, 0.15) is 24.2 Å². The zero-order chi connectivity index (χ0) is 28.8. The van der Waals surface area contributed by atoms with Crippen LogP contribution < -0.4 is 15.0 Å². The Hall–Kier alpha value is -4.35. The van der Waals surface area contributed by atoms with E-state index in [2.05, 4.69) is 20.7 Å². The average molecular weight is 579 g/mol. The maximum atomic E-state index is 14.3. The number of halogens is 2. The quantitative estimate of drug-likeness (QED) is 0.300. The molecule has 1 aliphatic heterocycles. The summed E-state index contributed by atoms with van der Waals surface area (Å²) in [5, 5.41) is 15.5. The Labute approximate surface area is 241 Å². The van der Waals surface area contributed by atoms with Crippen molar-refractivity contribution in [2.75, 3.05) is 25.2 Å². The van der Waals surface area contributed by atoms with E-state index in [1.807, 2.05) is 0 Å². The minimum atomic E-state index is -1.07. The molecule has 0 aliphatic carbocycles. The van der Waals surface area contributed by atoms with Crippen molar-refractivity contribution in [2.24, 2.45) is 0 Å². The first kappa shape index (κ1) is 28.2. The van der Waals surface area contributed by atoms with Crippen LogP contribution in [0.1, 0.15) is 24.4 Å². The van der Waals surface area contributed by atoms with Crippen LogP contribution >= 0.6 is 11.6 Å². The van der Waals surface area contributed by atoms with Crippen molar-refractivity contribution in [3.8, 4) is 17.1 Å². The van der Waals surface area contributed by atoms with Gasteiger partial charge in [0.2, 0.25) is 11.7 Å². The number of methoxy groups -OCH3 is 1. The number of hydrogen-bond donors (Lipinski definition) is 1. The van der Waals surface area contributed by atoms with E-state index in [0.717, 1.165) is 17.6 Å². The molecular formula is C29H28ClFN6O4. The molecule has 2 atom stereocenters. The molecule has 212 valence electrons. The second kappa shape index (κ2) is 12.9. The fourth-order valence-electron chi connectivity index (χ4n) is 4.62. The monoisotopic (exact) mass is 578 g/mol. The smallest absolute Gasteiger partial charge is 0.251 e. The van der Waals surface area contributed by atoms with Gasteiger partial charge < -0.3 is 14.8 Å². The average Bonchev–Trinajstić information content (AvgIpc) is 3.68. The van der Waals surface area contributed by atoms with Crippen molar-refractivity contribution < 1.29 is 23.5 Å².